The summed E-state index contributed by atoms with van der Waals surface area (Å²) < 4.78 is 11.5. The summed E-state index contributed by atoms with van der Waals surface area (Å²) in [7, 11) is 3.29. The van der Waals surface area contributed by atoms with Gasteiger partial charge in [-0.2, -0.15) is 4.98 Å². The highest BCUT2D eigenvalue weighted by Crippen LogP contribution is 2.32. The fourth-order valence-electron chi connectivity index (χ4n) is 2.40. The number of rotatable bonds is 5. The lowest BCUT2D eigenvalue weighted by molar-refractivity contribution is 0.399. The fraction of sp³-hybridized carbons (Fsp3) is 0.167. The number of nitrogens with zero attached hydrogens (tertiary/aromatic N) is 1. The van der Waals surface area contributed by atoms with Crippen LogP contribution in [0.25, 0.3) is 10.8 Å². The molecule has 23 heavy (non-hydrogen) atoms. The molecule has 0 atom stereocenters. The molecule has 1 heterocycles. The van der Waals surface area contributed by atoms with Gasteiger partial charge in [0.05, 0.1) is 14.2 Å². The maximum atomic E-state index is 5.30. The maximum Gasteiger partial charge on any atom is 0.215 e. The highest BCUT2D eigenvalue weighted by molar-refractivity contribution is 9.10. The molecule has 3 rings (SSSR count). The SMILES string of the molecule is COc1ccc(CNc2nc(OC)cc3cccc(Br)c23)cc1. The minimum Gasteiger partial charge on any atom is -0.497 e. The molecule has 0 aliphatic rings. The monoisotopic (exact) mass is 372 g/mol. The van der Waals surface area contributed by atoms with Crippen molar-refractivity contribution in [1.29, 1.82) is 0 Å². The molecule has 0 saturated heterocycles. The Morgan fingerprint density at radius 3 is 2.52 bits per heavy atom. The van der Waals surface area contributed by atoms with E-state index in [9.17, 15) is 0 Å². The summed E-state index contributed by atoms with van der Waals surface area (Å²) >= 11 is 3.60. The van der Waals surface area contributed by atoms with Gasteiger partial charge in [-0.05, 0) is 29.1 Å². The van der Waals surface area contributed by atoms with E-state index in [0.717, 1.165) is 32.4 Å². The van der Waals surface area contributed by atoms with E-state index in [1.165, 1.54) is 0 Å². The van der Waals surface area contributed by atoms with Gasteiger partial charge < -0.3 is 14.8 Å². The standard InChI is InChI=1S/C18H17BrN2O2/c1-22-14-8-6-12(7-9-14)11-20-18-17-13(4-3-5-15(17)19)10-16(21-18)23-2/h3-10H,11H2,1-2H3,(H,20,21). The minimum absolute atomic E-state index is 0.591. The van der Waals surface area contributed by atoms with Crippen LogP contribution < -0.4 is 14.8 Å². The number of ether oxygens (including phenoxy) is 2. The molecule has 0 radical (unpaired) electrons. The summed E-state index contributed by atoms with van der Waals surface area (Å²) in [5.74, 6) is 2.23. The van der Waals surface area contributed by atoms with Crippen molar-refractivity contribution in [2.45, 2.75) is 6.54 Å². The smallest absolute Gasteiger partial charge is 0.215 e. The number of methoxy groups -OCH3 is 2. The van der Waals surface area contributed by atoms with Gasteiger partial charge in [-0.25, -0.2) is 0 Å². The summed E-state index contributed by atoms with van der Waals surface area (Å²) in [6.45, 7) is 0.667. The normalized spacial score (nSPS) is 10.6. The van der Waals surface area contributed by atoms with Crippen LogP contribution in [0, 0.1) is 0 Å². The molecule has 1 N–H and O–H groups in total. The quantitative estimate of drug-likeness (QED) is 0.709. The van der Waals surface area contributed by atoms with E-state index in [1.54, 1.807) is 14.2 Å². The van der Waals surface area contributed by atoms with Gasteiger partial charge in [-0.1, -0.05) is 40.2 Å². The zero-order chi connectivity index (χ0) is 16.2. The third kappa shape index (κ3) is 3.40. The number of hydrogen-bond acceptors (Lipinski definition) is 4. The largest absolute Gasteiger partial charge is 0.497 e. The number of halogens is 1. The van der Waals surface area contributed by atoms with Crippen LogP contribution in [0.5, 0.6) is 11.6 Å². The van der Waals surface area contributed by atoms with Crippen molar-refractivity contribution in [3.8, 4) is 11.6 Å². The van der Waals surface area contributed by atoms with Gasteiger partial charge in [0, 0.05) is 22.5 Å². The molecule has 0 aliphatic carbocycles. The van der Waals surface area contributed by atoms with E-state index in [-0.39, 0.29) is 0 Å². The van der Waals surface area contributed by atoms with Crippen LogP contribution >= 0.6 is 15.9 Å². The fourth-order valence-corrected chi connectivity index (χ4v) is 2.97. The first kappa shape index (κ1) is 15.6. The van der Waals surface area contributed by atoms with Gasteiger partial charge in [-0.3, -0.25) is 0 Å². The second-order valence-electron chi connectivity index (χ2n) is 5.05. The summed E-state index contributed by atoms with van der Waals surface area (Å²) in [4.78, 5) is 4.54. The van der Waals surface area contributed by atoms with E-state index in [1.807, 2.05) is 48.5 Å². The van der Waals surface area contributed by atoms with Crippen molar-refractivity contribution in [2.75, 3.05) is 19.5 Å². The summed E-state index contributed by atoms with van der Waals surface area (Å²) in [5.41, 5.74) is 1.15. The maximum absolute atomic E-state index is 5.30. The molecular formula is C18H17BrN2O2. The molecule has 0 fully saturated rings. The average molecular weight is 373 g/mol. The molecule has 0 unspecified atom stereocenters. The lowest BCUT2D eigenvalue weighted by Gasteiger charge is -2.12. The third-order valence-corrected chi connectivity index (χ3v) is 4.27. The van der Waals surface area contributed by atoms with Crippen molar-refractivity contribution in [3.63, 3.8) is 0 Å². The summed E-state index contributed by atoms with van der Waals surface area (Å²) in [6.07, 6.45) is 0. The first-order chi connectivity index (χ1) is 11.2. The van der Waals surface area contributed by atoms with Gasteiger partial charge >= 0.3 is 0 Å². The lowest BCUT2D eigenvalue weighted by Crippen LogP contribution is -2.03. The van der Waals surface area contributed by atoms with Crippen LogP contribution in [-0.4, -0.2) is 19.2 Å². The lowest BCUT2D eigenvalue weighted by atomic mass is 10.1. The number of fused-ring (bicyclic) bond motifs is 1. The van der Waals surface area contributed by atoms with Crippen LogP contribution in [0.4, 0.5) is 5.82 Å². The Bertz CT molecular complexity index is 819. The van der Waals surface area contributed by atoms with Crippen LogP contribution in [0.3, 0.4) is 0 Å². The van der Waals surface area contributed by atoms with Crippen molar-refractivity contribution in [3.05, 3.63) is 58.6 Å². The Morgan fingerprint density at radius 1 is 1.04 bits per heavy atom. The molecule has 0 saturated carbocycles. The summed E-state index contributed by atoms with van der Waals surface area (Å²) in [6, 6.07) is 15.9. The van der Waals surface area contributed by atoms with Gasteiger partial charge in [0.15, 0.2) is 0 Å². The van der Waals surface area contributed by atoms with Crippen LogP contribution in [0.15, 0.2) is 53.0 Å². The average Bonchev–Trinajstić information content (AvgIpc) is 2.60. The molecule has 1 aromatic heterocycles. The number of nitrogens with one attached hydrogen (secondary N) is 1. The van der Waals surface area contributed by atoms with E-state index in [4.69, 9.17) is 9.47 Å². The molecule has 0 bridgehead atoms. The first-order valence-electron chi connectivity index (χ1n) is 7.21. The Balaban J connectivity index is 1.91. The van der Waals surface area contributed by atoms with E-state index in [2.05, 4.69) is 26.2 Å². The first-order valence-corrected chi connectivity index (χ1v) is 8.00. The molecule has 3 aromatic rings. The van der Waals surface area contributed by atoms with Crippen LogP contribution in [0.2, 0.25) is 0 Å². The second kappa shape index (κ2) is 6.87. The molecule has 0 aliphatic heterocycles. The van der Waals surface area contributed by atoms with Gasteiger partial charge in [0.1, 0.15) is 11.6 Å². The van der Waals surface area contributed by atoms with Gasteiger partial charge in [-0.15, -0.1) is 0 Å². The van der Waals surface area contributed by atoms with Crippen molar-refractivity contribution >= 4 is 32.5 Å². The van der Waals surface area contributed by atoms with Gasteiger partial charge in [0.2, 0.25) is 5.88 Å². The topological polar surface area (TPSA) is 43.4 Å². The predicted molar refractivity (Wildman–Crippen MR) is 96.3 cm³/mol. The zero-order valence-corrected chi connectivity index (χ0v) is 14.6. The van der Waals surface area contributed by atoms with Crippen molar-refractivity contribution < 1.29 is 9.47 Å². The number of pyridine rings is 1. The third-order valence-electron chi connectivity index (χ3n) is 3.61. The second-order valence-corrected chi connectivity index (χ2v) is 5.91. The highest BCUT2D eigenvalue weighted by Gasteiger charge is 2.09. The molecule has 4 nitrogen and oxygen atoms in total. The number of benzene rings is 2. The van der Waals surface area contributed by atoms with Crippen molar-refractivity contribution in [1.82, 2.24) is 4.98 Å². The number of aromatic nitrogens is 1. The molecule has 0 spiro atoms. The molecule has 2 aromatic carbocycles. The van der Waals surface area contributed by atoms with Crippen LogP contribution in [0.1, 0.15) is 5.56 Å². The summed E-state index contributed by atoms with van der Waals surface area (Å²) in [5, 5.41) is 5.51. The van der Waals surface area contributed by atoms with Crippen LogP contribution in [-0.2, 0) is 6.54 Å². The van der Waals surface area contributed by atoms with Gasteiger partial charge in [0.25, 0.3) is 0 Å². The van der Waals surface area contributed by atoms with E-state index >= 15 is 0 Å². The molecule has 118 valence electrons. The Labute approximate surface area is 143 Å². The Morgan fingerprint density at radius 2 is 1.83 bits per heavy atom. The van der Waals surface area contributed by atoms with Crippen molar-refractivity contribution in [2.24, 2.45) is 0 Å². The Kier molecular flexibility index (Phi) is 4.67. The predicted octanol–water partition coefficient (Wildman–Crippen LogP) is 4.63. The molecular weight excluding hydrogens is 356 g/mol. The Hall–Kier alpha value is -2.27. The molecule has 5 heteroatoms. The highest BCUT2D eigenvalue weighted by atomic mass is 79.9. The zero-order valence-electron chi connectivity index (χ0n) is 13.0. The minimum atomic E-state index is 0.591. The number of anilines is 1. The number of hydrogen-bond donors (Lipinski definition) is 1. The molecule has 0 amide bonds. The van der Waals surface area contributed by atoms with E-state index < -0.39 is 0 Å². The van der Waals surface area contributed by atoms with E-state index in [0.29, 0.717) is 12.4 Å².